The molecule has 2 heterocycles. The van der Waals surface area contributed by atoms with Gasteiger partial charge in [0.15, 0.2) is 0 Å². The summed E-state index contributed by atoms with van der Waals surface area (Å²) >= 11 is 0. The molecule has 1 unspecified atom stereocenters. The normalized spacial score (nSPS) is 21.5. The van der Waals surface area contributed by atoms with Gasteiger partial charge in [-0.05, 0) is 26.8 Å². The molecule has 0 bridgehead atoms. The van der Waals surface area contributed by atoms with Gasteiger partial charge in [0.1, 0.15) is 11.6 Å². The van der Waals surface area contributed by atoms with Crippen LogP contribution in [0.25, 0.3) is 0 Å². The van der Waals surface area contributed by atoms with Crippen molar-refractivity contribution in [2.24, 2.45) is 0 Å². The summed E-state index contributed by atoms with van der Waals surface area (Å²) < 4.78 is 2.09. The minimum absolute atomic E-state index is 0.509. The maximum absolute atomic E-state index is 4.42. The second-order valence-corrected chi connectivity index (χ2v) is 3.62. The van der Waals surface area contributed by atoms with Crippen molar-refractivity contribution >= 4 is 0 Å². The standard InChI is InChI=1S/C9H16N4/c1-7-11-9-5-3-4-8(6-10-2)13(9)12-7/h8,10H,3-6H2,1-2H3. The fraction of sp³-hybridized carbons (Fsp3) is 0.778. The van der Waals surface area contributed by atoms with Gasteiger partial charge in [0.05, 0.1) is 6.04 Å². The molecule has 1 atom stereocenters. The molecular weight excluding hydrogens is 164 g/mol. The molecule has 0 aromatic carbocycles. The van der Waals surface area contributed by atoms with E-state index in [1.165, 1.54) is 12.8 Å². The Morgan fingerprint density at radius 1 is 1.62 bits per heavy atom. The molecule has 0 fully saturated rings. The van der Waals surface area contributed by atoms with Crippen LogP contribution in [0.15, 0.2) is 0 Å². The van der Waals surface area contributed by atoms with E-state index in [-0.39, 0.29) is 0 Å². The average Bonchev–Trinajstić information content (AvgIpc) is 2.47. The topological polar surface area (TPSA) is 42.7 Å². The van der Waals surface area contributed by atoms with Crippen LogP contribution in [0.1, 0.15) is 30.5 Å². The molecule has 0 saturated heterocycles. The average molecular weight is 180 g/mol. The SMILES string of the molecule is CNCC1CCCc2nc(C)nn21. The van der Waals surface area contributed by atoms with E-state index in [4.69, 9.17) is 0 Å². The van der Waals surface area contributed by atoms with E-state index in [0.717, 1.165) is 24.6 Å². The van der Waals surface area contributed by atoms with Crippen molar-refractivity contribution in [1.29, 1.82) is 0 Å². The molecular formula is C9H16N4. The van der Waals surface area contributed by atoms with E-state index >= 15 is 0 Å². The quantitative estimate of drug-likeness (QED) is 0.728. The third-order valence-corrected chi connectivity index (χ3v) is 2.53. The Balaban J connectivity index is 2.25. The minimum atomic E-state index is 0.509. The molecule has 1 N–H and O–H groups in total. The van der Waals surface area contributed by atoms with E-state index in [2.05, 4.69) is 20.1 Å². The highest BCUT2D eigenvalue weighted by Gasteiger charge is 2.21. The van der Waals surface area contributed by atoms with Gasteiger partial charge in [0.2, 0.25) is 0 Å². The molecule has 0 aliphatic carbocycles. The number of rotatable bonds is 2. The van der Waals surface area contributed by atoms with Gasteiger partial charge in [0, 0.05) is 13.0 Å². The van der Waals surface area contributed by atoms with Crippen LogP contribution in [-0.2, 0) is 6.42 Å². The van der Waals surface area contributed by atoms with E-state index in [1.54, 1.807) is 0 Å². The zero-order valence-electron chi connectivity index (χ0n) is 8.25. The van der Waals surface area contributed by atoms with Crippen LogP contribution < -0.4 is 5.32 Å². The maximum Gasteiger partial charge on any atom is 0.147 e. The molecule has 1 aromatic heterocycles. The molecule has 72 valence electrons. The lowest BCUT2D eigenvalue weighted by atomic mass is 10.1. The molecule has 4 heteroatoms. The van der Waals surface area contributed by atoms with Crippen LogP contribution in [0.2, 0.25) is 0 Å². The van der Waals surface area contributed by atoms with Crippen molar-refractivity contribution in [3.8, 4) is 0 Å². The second-order valence-electron chi connectivity index (χ2n) is 3.62. The summed E-state index contributed by atoms with van der Waals surface area (Å²) in [6.07, 6.45) is 3.54. The Labute approximate surface area is 78.4 Å². The van der Waals surface area contributed by atoms with Crippen molar-refractivity contribution in [3.05, 3.63) is 11.6 Å². The molecule has 13 heavy (non-hydrogen) atoms. The third-order valence-electron chi connectivity index (χ3n) is 2.53. The molecule has 0 spiro atoms. The fourth-order valence-electron chi connectivity index (χ4n) is 1.98. The van der Waals surface area contributed by atoms with Crippen molar-refractivity contribution in [2.75, 3.05) is 13.6 Å². The zero-order valence-corrected chi connectivity index (χ0v) is 8.25. The predicted molar refractivity (Wildman–Crippen MR) is 50.7 cm³/mol. The number of fused-ring (bicyclic) bond motifs is 1. The van der Waals surface area contributed by atoms with Crippen LogP contribution in [0.4, 0.5) is 0 Å². The number of hydrogen-bond donors (Lipinski definition) is 1. The molecule has 0 amide bonds. The second kappa shape index (κ2) is 3.46. The van der Waals surface area contributed by atoms with Gasteiger partial charge in [-0.15, -0.1) is 0 Å². The van der Waals surface area contributed by atoms with Crippen molar-refractivity contribution in [3.63, 3.8) is 0 Å². The van der Waals surface area contributed by atoms with Crippen LogP contribution >= 0.6 is 0 Å². The lowest BCUT2D eigenvalue weighted by Gasteiger charge is -2.22. The molecule has 1 aliphatic heterocycles. The number of nitrogens with zero attached hydrogens (tertiary/aromatic N) is 3. The number of aryl methyl sites for hydroxylation is 2. The number of nitrogens with one attached hydrogen (secondary N) is 1. The molecule has 1 aromatic rings. The molecule has 4 nitrogen and oxygen atoms in total. The largest absolute Gasteiger partial charge is 0.318 e. The van der Waals surface area contributed by atoms with Crippen molar-refractivity contribution in [2.45, 2.75) is 32.2 Å². The predicted octanol–water partition coefficient (Wildman–Crippen LogP) is 0.683. The summed E-state index contributed by atoms with van der Waals surface area (Å²) in [6, 6.07) is 0.509. The summed E-state index contributed by atoms with van der Waals surface area (Å²) in [5.41, 5.74) is 0. The summed E-state index contributed by atoms with van der Waals surface area (Å²) in [4.78, 5) is 4.41. The highest BCUT2D eigenvalue weighted by Crippen LogP contribution is 2.21. The fourth-order valence-corrected chi connectivity index (χ4v) is 1.98. The van der Waals surface area contributed by atoms with E-state index in [1.807, 2.05) is 14.0 Å². The minimum Gasteiger partial charge on any atom is -0.318 e. The lowest BCUT2D eigenvalue weighted by Crippen LogP contribution is -2.27. The van der Waals surface area contributed by atoms with Gasteiger partial charge in [-0.1, -0.05) is 0 Å². The summed E-state index contributed by atoms with van der Waals surface area (Å²) in [5.74, 6) is 2.06. The van der Waals surface area contributed by atoms with Gasteiger partial charge in [-0.2, -0.15) is 5.10 Å². The third kappa shape index (κ3) is 1.58. The Bertz CT molecular complexity index is 292. The van der Waals surface area contributed by atoms with E-state index in [9.17, 15) is 0 Å². The van der Waals surface area contributed by atoms with Crippen LogP contribution in [0, 0.1) is 6.92 Å². The highest BCUT2D eigenvalue weighted by molar-refractivity contribution is 4.97. The lowest BCUT2D eigenvalue weighted by molar-refractivity contribution is 0.353. The molecule has 1 aliphatic rings. The Morgan fingerprint density at radius 2 is 2.46 bits per heavy atom. The van der Waals surface area contributed by atoms with Crippen LogP contribution in [0.5, 0.6) is 0 Å². The Kier molecular flexibility index (Phi) is 2.31. The Morgan fingerprint density at radius 3 is 3.23 bits per heavy atom. The monoisotopic (exact) mass is 180 g/mol. The summed E-state index contributed by atoms with van der Waals surface area (Å²) in [6.45, 7) is 2.96. The molecule has 0 radical (unpaired) electrons. The van der Waals surface area contributed by atoms with Gasteiger partial charge < -0.3 is 5.32 Å². The first-order valence-corrected chi connectivity index (χ1v) is 4.88. The Hall–Kier alpha value is -0.900. The van der Waals surface area contributed by atoms with E-state index < -0.39 is 0 Å². The smallest absolute Gasteiger partial charge is 0.147 e. The zero-order chi connectivity index (χ0) is 9.26. The highest BCUT2D eigenvalue weighted by atomic mass is 15.4. The first kappa shape index (κ1) is 8.69. The van der Waals surface area contributed by atoms with Gasteiger partial charge >= 0.3 is 0 Å². The molecule has 2 rings (SSSR count). The summed E-state index contributed by atoms with van der Waals surface area (Å²) in [5, 5.41) is 7.62. The van der Waals surface area contributed by atoms with Gasteiger partial charge in [-0.25, -0.2) is 9.67 Å². The van der Waals surface area contributed by atoms with Crippen LogP contribution in [-0.4, -0.2) is 28.4 Å². The number of hydrogen-bond acceptors (Lipinski definition) is 3. The summed E-state index contributed by atoms with van der Waals surface area (Å²) in [7, 11) is 1.98. The van der Waals surface area contributed by atoms with Crippen molar-refractivity contribution in [1.82, 2.24) is 20.1 Å². The van der Waals surface area contributed by atoms with Gasteiger partial charge in [-0.3, -0.25) is 0 Å². The van der Waals surface area contributed by atoms with Crippen LogP contribution in [0.3, 0.4) is 0 Å². The number of likely N-dealkylation sites (N-methyl/N-ethyl adjacent to an activating group) is 1. The first-order valence-electron chi connectivity index (χ1n) is 4.88. The van der Waals surface area contributed by atoms with Crippen molar-refractivity contribution < 1.29 is 0 Å². The molecule has 0 saturated carbocycles. The first-order chi connectivity index (χ1) is 6.31. The van der Waals surface area contributed by atoms with Gasteiger partial charge in [0.25, 0.3) is 0 Å². The van der Waals surface area contributed by atoms with E-state index in [0.29, 0.717) is 6.04 Å². The maximum atomic E-state index is 4.42. The number of aromatic nitrogens is 3.